The number of hydrogen-bond acceptors (Lipinski definition) is 5. The minimum absolute atomic E-state index is 0.257. The number of pyridine rings is 1. The van der Waals surface area contributed by atoms with Gasteiger partial charge in [0.25, 0.3) is 5.91 Å². The summed E-state index contributed by atoms with van der Waals surface area (Å²) in [6.07, 6.45) is 1.60. The average molecular weight is 421 g/mol. The molecule has 1 aliphatic heterocycles. The summed E-state index contributed by atoms with van der Waals surface area (Å²) in [6.45, 7) is 4.41. The molecule has 0 radical (unpaired) electrons. The molecule has 4 rings (SSSR count). The largest absolute Gasteiger partial charge is 0.497 e. The summed E-state index contributed by atoms with van der Waals surface area (Å²) in [5.41, 5.74) is 4.17. The first kappa shape index (κ1) is 20.8. The Morgan fingerprint density at radius 3 is 2.58 bits per heavy atom. The van der Waals surface area contributed by atoms with Crippen LogP contribution in [0.4, 0.5) is 15.8 Å². The Morgan fingerprint density at radius 2 is 1.87 bits per heavy atom. The van der Waals surface area contributed by atoms with E-state index in [9.17, 15) is 9.18 Å². The van der Waals surface area contributed by atoms with E-state index in [0.29, 0.717) is 37.7 Å². The first-order chi connectivity index (χ1) is 15.0. The van der Waals surface area contributed by atoms with Gasteiger partial charge in [-0.2, -0.15) is 0 Å². The smallest absolute Gasteiger partial charge is 0.255 e. The lowest BCUT2D eigenvalue weighted by Gasteiger charge is -2.29. The number of carbonyl (C=O) groups excluding carboxylic acids is 1. The van der Waals surface area contributed by atoms with Gasteiger partial charge in [-0.1, -0.05) is 12.1 Å². The summed E-state index contributed by atoms with van der Waals surface area (Å²) < 4.78 is 24.8. The van der Waals surface area contributed by atoms with E-state index in [4.69, 9.17) is 9.47 Å². The van der Waals surface area contributed by atoms with Crippen molar-refractivity contribution < 1.29 is 18.7 Å². The molecule has 1 fully saturated rings. The number of morpholine rings is 1. The van der Waals surface area contributed by atoms with E-state index in [0.717, 1.165) is 22.6 Å². The van der Waals surface area contributed by atoms with E-state index in [1.807, 2.05) is 42.2 Å². The van der Waals surface area contributed by atoms with Gasteiger partial charge in [0.15, 0.2) is 0 Å². The maximum absolute atomic E-state index is 14.2. The van der Waals surface area contributed by atoms with Gasteiger partial charge in [-0.25, -0.2) is 4.39 Å². The van der Waals surface area contributed by atoms with Crippen molar-refractivity contribution in [2.24, 2.45) is 0 Å². The van der Waals surface area contributed by atoms with E-state index in [-0.39, 0.29) is 11.5 Å². The number of amides is 1. The quantitative estimate of drug-likeness (QED) is 0.666. The zero-order chi connectivity index (χ0) is 21.8. The second-order valence-corrected chi connectivity index (χ2v) is 7.34. The molecule has 1 amide bonds. The van der Waals surface area contributed by atoms with Crippen molar-refractivity contribution in [2.45, 2.75) is 6.92 Å². The molecule has 1 N–H and O–H groups in total. The molecule has 1 saturated heterocycles. The molecule has 3 aromatic rings. The fraction of sp³-hybridized carbons (Fsp3) is 0.250. The van der Waals surface area contributed by atoms with Crippen molar-refractivity contribution >= 4 is 17.3 Å². The molecular weight excluding hydrogens is 397 g/mol. The number of rotatable bonds is 5. The first-order valence-electron chi connectivity index (χ1n) is 10.1. The van der Waals surface area contributed by atoms with Gasteiger partial charge < -0.3 is 19.7 Å². The minimum atomic E-state index is -0.449. The van der Waals surface area contributed by atoms with Gasteiger partial charge in [0, 0.05) is 35.6 Å². The molecule has 160 valence electrons. The van der Waals surface area contributed by atoms with Crippen LogP contribution in [-0.2, 0) is 4.74 Å². The SMILES string of the molecule is COc1ccc(-c2cc(NC(=O)c3cc(F)cc(N4CCOCC4)c3)cnc2C)cc1. The van der Waals surface area contributed by atoms with Crippen LogP contribution in [0, 0.1) is 12.7 Å². The number of ether oxygens (including phenoxy) is 2. The highest BCUT2D eigenvalue weighted by atomic mass is 19.1. The summed E-state index contributed by atoms with van der Waals surface area (Å²) in [4.78, 5) is 19.3. The van der Waals surface area contributed by atoms with E-state index in [2.05, 4.69) is 10.3 Å². The summed E-state index contributed by atoms with van der Waals surface area (Å²) in [7, 11) is 1.62. The molecule has 31 heavy (non-hydrogen) atoms. The van der Waals surface area contributed by atoms with Crippen LogP contribution in [0.1, 0.15) is 16.1 Å². The van der Waals surface area contributed by atoms with E-state index < -0.39 is 5.82 Å². The molecule has 0 atom stereocenters. The van der Waals surface area contributed by atoms with Crippen molar-refractivity contribution in [3.8, 4) is 16.9 Å². The number of anilines is 2. The van der Waals surface area contributed by atoms with Gasteiger partial charge in [-0.05, 0) is 48.9 Å². The number of hydrogen-bond donors (Lipinski definition) is 1. The Hall–Kier alpha value is -3.45. The molecule has 0 spiro atoms. The number of benzene rings is 2. The molecule has 0 unspecified atom stereocenters. The minimum Gasteiger partial charge on any atom is -0.497 e. The van der Waals surface area contributed by atoms with Crippen LogP contribution < -0.4 is 15.0 Å². The molecule has 0 aliphatic carbocycles. The second-order valence-electron chi connectivity index (χ2n) is 7.34. The van der Waals surface area contributed by atoms with Crippen LogP contribution >= 0.6 is 0 Å². The molecule has 6 nitrogen and oxygen atoms in total. The molecule has 0 saturated carbocycles. The molecule has 1 aromatic heterocycles. The van der Waals surface area contributed by atoms with Gasteiger partial charge in [0.05, 0.1) is 32.2 Å². The van der Waals surface area contributed by atoms with Crippen molar-refractivity contribution in [3.05, 3.63) is 71.8 Å². The third-order valence-corrected chi connectivity index (χ3v) is 5.27. The normalized spacial score (nSPS) is 13.7. The van der Waals surface area contributed by atoms with E-state index in [1.165, 1.54) is 12.1 Å². The molecule has 7 heteroatoms. The standard InChI is InChI=1S/C24H24FN3O3/c1-16-23(17-3-5-22(30-2)6-4-17)14-20(15-26-16)27-24(29)18-11-19(25)13-21(12-18)28-7-9-31-10-8-28/h3-6,11-15H,7-10H2,1-2H3,(H,27,29). The highest BCUT2D eigenvalue weighted by molar-refractivity contribution is 6.05. The molecule has 2 aromatic carbocycles. The Morgan fingerprint density at radius 1 is 1.13 bits per heavy atom. The zero-order valence-corrected chi connectivity index (χ0v) is 17.5. The third-order valence-electron chi connectivity index (χ3n) is 5.27. The van der Waals surface area contributed by atoms with E-state index in [1.54, 1.807) is 19.4 Å². The van der Waals surface area contributed by atoms with Gasteiger partial charge >= 0.3 is 0 Å². The van der Waals surface area contributed by atoms with Crippen LogP contribution in [0.15, 0.2) is 54.7 Å². The fourth-order valence-electron chi connectivity index (χ4n) is 3.58. The van der Waals surface area contributed by atoms with Crippen molar-refractivity contribution in [1.82, 2.24) is 4.98 Å². The summed E-state index contributed by atoms with van der Waals surface area (Å²) in [5.74, 6) is -0.0727. The number of nitrogens with zero attached hydrogens (tertiary/aromatic N) is 2. The molecular formula is C24H24FN3O3. The lowest BCUT2D eigenvalue weighted by atomic mass is 10.0. The highest BCUT2D eigenvalue weighted by Gasteiger charge is 2.16. The average Bonchev–Trinajstić information content (AvgIpc) is 2.80. The van der Waals surface area contributed by atoms with Gasteiger partial charge in [-0.15, -0.1) is 0 Å². The summed E-state index contributed by atoms with van der Waals surface area (Å²) >= 11 is 0. The first-order valence-corrected chi connectivity index (χ1v) is 10.1. The summed E-state index contributed by atoms with van der Waals surface area (Å²) in [6, 6.07) is 13.9. The Bertz CT molecular complexity index is 1080. The third kappa shape index (κ3) is 4.83. The fourth-order valence-corrected chi connectivity index (χ4v) is 3.58. The lowest BCUT2D eigenvalue weighted by molar-refractivity contribution is 0.102. The lowest BCUT2D eigenvalue weighted by Crippen LogP contribution is -2.36. The van der Waals surface area contributed by atoms with Crippen molar-refractivity contribution in [1.29, 1.82) is 0 Å². The number of aryl methyl sites for hydroxylation is 1. The zero-order valence-electron chi connectivity index (χ0n) is 17.5. The molecule has 1 aliphatic rings. The maximum atomic E-state index is 14.2. The number of nitrogens with one attached hydrogen (secondary N) is 1. The van der Waals surface area contributed by atoms with Gasteiger partial charge in [0.2, 0.25) is 0 Å². The topological polar surface area (TPSA) is 63.7 Å². The van der Waals surface area contributed by atoms with E-state index >= 15 is 0 Å². The van der Waals surface area contributed by atoms with Gasteiger partial charge in [0.1, 0.15) is 11.6 Å². The molecule has 0 bridgehead atoms. The predicted molar refractivity (Wildman–Crippen MR) is 118 cm³/mol. The maximum Gasteiger partial charge on any atom is 0.255 e. The number of carbonyl (C=O) groups is 1. The number of methoxy groups -OCH3 is 1. The van der Waals surface area contributed by atoms with Crippen LogP contribution in [0.2, 0.25) is 0 Å². The Kier molecular flexibility index (Phi) is 6.13. The predicted octanol–water partition coefficient (Wildman–Crippen LogP) is 4.29. The number of aromatic nitrogens is 1. The van der Waals surface area contributed by atoms with Crippen LogP contribution in [0.5, 0.6) is 5.75 Å². The monoisotopic (exact) mass is 421 g/mol. The second kappa shape index (κ2) is 9.14. The van der Waals surface area contributed by atoms with Crippen molar-refractivity contribution in [2.75, 3.05) is 43.6 Å². The molecule has 2 heterocycles. The number of halogens is 1. The van der Waals surface area contributed by atoms with Crippen LogP contribution in [-0.4, -0.2) is 44.3 Å². The Balaban J connectivity index is 1.56. The highest BCUT2D eigenvalue weighted by Crippen LogP contribution is 2.27. The van der Waals surface area contributed by atoms with Crippen LogP contribution in [0.3, 0.4) is 0 Å². The van der Waals surface area contributed by atoms with Crippen LogP contribution in [0.25, 0.3) is 11.1 Å². The summed E-state index contributed by atoms with van der Waals surface area (Å²) in [5, 5.41) is 2.84. The van der Waals surface area contributed by atoms with Gasteiger partial charge in [-0.3, -0.25) is 9.78 Å². The van der Waals surface area contributed by atoms with Crippen molar-refractivity contribution in [3.63, 3.8) is 0 Å². The Labute approximate surface area is 180 Å².